The van der Waals surface area contributed by atoms with Gasteiger partial charge in [-0.15, -0.1) is 0 Å². The Morgan fingerprint density at radius 2 is 2.00 bits per heavy atom. The van der Waals surface area contributed by atoms with E-state index in [2.05, 4.69) is 31.3 Å². The van der Waals surface area contributed by atoms with Crippen LogP contribution >= 0.6 is 0 Å². The molecule has 4 rings (SSSR count). The van der Waals surface area contributed by atoms with Gasteiger partial charge in [-0.25, -0.2) is 0 Å². The normalized spacial score (nSPS) is 18.4. The summed E-state index contributed by atoms with van der Waals surface area (Å²) in [7, 11) is 3.53. The van der Waals surface area contributed by atoms with Crippen LogP contribution in [0, 0.1) is 0 Å². The molecule has 1 N–H and O–H groups in total. The topological polar surface area (TPSA) is 75.4 Å². The van der Waals surface area contributed by atoms with E-state index >= 15 is 0 Å². The number of methoxy groups -OCH3 is 1. The Labute approximate surface area is 184 Å². The van der Waals surface area contributed by atoms with Crippen molar-refractivity contribution in [2.45, 2.75) is 44.9 Å². The van der Waals surface area contributed by atoms with E-state index in [1.54, 1.807) is 13.4 Å². The van der Waals surface area contributed by atoms with Crippen LogP contribution in [-0.4, -0.2) is 67.4 Å². The van der Waals surface area contributed by atoms with Gasteiger partial charge in [-0.2, -0.15) is 0 Å². The summed E-state index contributed by atoms with van der Waals surface area (Å²) in [5.74, 6) is 2.65. The Bertz CT molecular complexity index is 841. The molecule has 2 aromatic rings. The van der Waals surface area contributed by atoms with Crippen molar-refractivity contribution < 1.29 is 14.0 Å². The number of guanidine groups is 1. The van der Waals surface area contributed by atoms with E-state index in [9.17, 15) is 0 Å². The fourth-order valence-electron chi connectivity index (χ4n) is 4.28. The summed E-state index contributed by atoms with van der Waals surface area (Å²) in [6.45, 7) is 5.26. The Hall–Kier alpha value is -2.74. The van der Waals surface area contributed by atoms with Gasteiger partial charge < -0.3 is 24.2 Å². The summed E-state index contributed by atoms with van der Waals surface area (Å²) in [6, 6.07) is 8.00. The Morgan fingerprint density at radius 1 is 1.19 bits per heavy atom. The van der Waals surface area contributed by atoms with Crippen LogP contribution in [0.15, 0.2) is 40.0 Å². The van der Waals surface area contributed by atoms with E-state index in [4.69, 9.17) is 14.0 Å². The van der Waals surface area contributed by atoms with Crippen LogP contribution in [0.25, 0.3) is 0 Å². The SMILES string of the molecule is CN=C(NCc1ccc(OC)cc1OC1CCCC1)N1CCN(Cc2ccon2)CC1. The van der Waals surface area contributed by atoms with Gasteiger partial charge in [-0.3, -0.25) is 9.89 Å². The minimum atomic E-state index is 0.308. The lowest BCUT2D eigenvalue weighted by Crippen LogP contribution is -2.52. The van der Waals surface area contributed by atoms with Gasteiger partial charge in [0.2, 0.25) is 0 Å². The van der Waals surface area contributed by atoms with Gasteiger partial charge in [-0.05, 0) is 37.8 Å². The van der Waals surface area contributed by atoms with Crippen LogP contribution in [-0.2, 0) is 13.1 Å². The number of aliphatic imine (C=N–C) groups is 1. The Morgan fingerprint density at radius 3 is 2.68 bits per heavy atom. The lowest BCUT2D eigenvalue weighted by atomic mass is 10.1. The number of nitrogens with zero attached hydrogens (tertiary/aromatic N) is 4. The van der Waals surface area contributed by atoms with Gasteiger partial charge in [0.15, 0.2) is 5.96 Å². The van der Waals surface area contributed by atoms with Gasteiger partial charge in [0.05, 0.1) is 18.9 Å². The monoisotopic (exact) mass is 427 g/mol. The first-order valence-electron chi connectivity index (χ1n) is 11.2. The van der Waals surface area contributed by atoms with Gasteiger partial charge in [0, 0.05) is 64.0 Å². The van der Waals surface area contributed by atoms with E-state index in [-0.39, 0.29) is 0 Å². The average molecular weight is 428 g/mol. The zero-order chi connectivity index (χ0) is 21.5. The van der Waals surface area contributed by atoms with Gasteiger partial charge in [0.25, 0.3) is 0 Å². The van der Waals surface area contributed by atoms with E-state index in [0.29, 0.717) is 12.6 Å². The molecule has 31 heavy (non-hydrogen) atoms. The van der Waals surface area contributed by atoms with E-state index in [1.165, 1.54) is 12.8 Å². The van der Waals surface area contributed by atoms with E-state index in [0.717, 1.165) is 74.3 Å². The lowest BCUT2D eigenvalue weighted by molar-refractivity contribution is 0.169. The molecule has 0 radical (unpaired) electrons. The van der Waals surface area contributed by atoms with E-state index in [1.807, 2.05) is 25.2 Å². The number of aromatic nitrogens is 1. The molecule has 1 saturated heterocycles. The molecule has 1 aromatic carbocycles. The molecule has 2 fully saturated rings. The van der Waals surface area contributed by atoms with Gasteiger partial charge in [0.1, 0.15) is 17.8 Å². The molecule has 1 aromatic heterocycles. The minimum Gasteiger partial charge on any atom is -0.497 e. The number of nitrogens with one attached hydrogen (secondary N) is 1. The highest BCUT2D eigenvalue weighted by molar-refractivity contribution is 5.80. The molecule has 0 bridgehead atoms. The van der Waals surface area contributed by atoms with Crippen molar-refractivity contribution in [3.05, 3.63) is 41.8 Å². The van der Waals surface area contributed by atoms with Crippen molar-refractivity contribution in [3.8, 4) is 11.5 Å². The predicted molar refractivity (Wildman–Crippen MR) is 119 cm³/mol. The maximum atomic E-state index is 6.33. The third kappa shape index (κ3) is 5.70. The molecule has 1 aliphatic heterocycles. The summed E-state index contributed by atoms with van der Waals surface area (Å²) < 4.78 is 16.7. The first-order valence-corrected chi connectivity index (χ1v) is 11.2. The van der Waals surface area contributed by atoms with Crippen molar-refractivity contribution in [2.24, 2.45) is 4.99 Å². The first-order chi connectivity index (χ1) is 15.2. The van der Waals surface area contributed by atoms with Crippen LogP contribution in [0.2, 0.25) is 0 Å². The van der Waals surface area contributed by atoms with Crippen molar-refractivity contribution >= 4 is 5.96 Å². The zero-order valence-electron chi connectivity index (χ0n) is 18.5. The van der Waals surface area contributed by atoms with Crippen LogP contribution < -0.4 is 14.8 Å². The molecule has 2 aliphatic rings. The molecule has 1 saturated carbocycles. The minimum absolute atomic E-state index is 0.308. The van der Waals surface area contributed by atoms with Gasteiger partial charge >= 0.3 is 0 Å². The molecule has 0 unspecified atom stereocenters. The summed E-state index contributed by atoms with van der Waals surface area (Å²) in [6.07, 6.45) is 6.69. The standard InChI is InChI=1S/C23H33N5O3/c1-24-23(28-12-10-27(11-13-28)17-19-9-14-30-26-19)25-16-18-7-8-21(29-2)15-22(18)31-20-5-3-4-6-20/h7-9,14-15,20H,3-6,10-13,16-17H2,1-2H3,(H,24,25). The third-order valence-corrected chi connectivity index (χ3v) is 6.07. The maximum absolute atomic E-state index is 6.33. The second-order valence-electron chi connectivity index (χ2n) is 8.15. The van der Waals surface area contributed by atoms with Crippen LogP contribution in [0.5, 0.6) is 11.5 Å². The van der Waals surface area contributed by atoms with Crippen molar-refractivity contribution in [2.75, 3.05) is 40.3 Å². The second kappa shape index (κ2) is 10.5. The number of hydrogen-bond acceptors (Lipinski definition) is 6. The molecule has 8 nitrogen and oxygen atoms in total. The molecule has 168 valence electrons. The largest absolute Gasteiger partial charge is 0.497 e. The van der Waals surface area contributed by atoms with Crippen LogP contribution in [0.4, 0.5) is 0 Å². The zero-order valence-corrected chi connectivity index (χ0v) is 18.5. The molecule has 0 spiro atoms. The van der Waals surface area contributed by atoms with Crippen molar-refractivity contribution in [1.82, 2.24) is 20.3 Å². The van der Waals surface area contributed by atoms with Crippen LogP contribution in [0.3, 0.4) is 0 Å². The summed E-state index contributed by atoms with van der Waals surface area (Å²) >= 11 is 0. The van der Waals surface area contributed by atoms with Crippen molar-refractivity contribution in [3.63, 3.8) is 0 Å². The second-order valence-corrected chi connectivity index (χ2v) is 8.15. The molecular formula is C23H33N5O3. The lowest BCUT2D eigenvalue weighted by Gasteiger charge is -2.36. The third-order valence-electron chi connectivity index (χ3n) is 6.07. The number of ether oxygens (including phenoxy) is 2. The Kier molecular flexibility index (Phi) is 7.30. The number of hydrogen-bond donors (Lipinski definition) is 1. The molecule has 8 heteroatoms. The number of rotatable bonds is 7. The highest BCUT2D eigenvalue weighted by Crippen LogP contribution is 2.30. The molecule has 2 heterocycles. The Balaban J connectivity index is 1.33. The predicted octanol–water partition coefficient (Wildman–Crippen LogP) is 2.90. The molecule has 0 atom stereocenters. The number of benzene rings is 1. The molecule has 1 aliphatic carbocycles. The van der Waals surface area contributed by atoms with Crippen molar-refractivity contribution in [1.29, 1.82) is 0 Å². The fourth-order valence-corrected chi connectivity index (χ4v) is 4.28. The fraction of sp³-hybridized carbons (Fsp3) is 0.565. The van der Waals surface area contributed by atoms with Gasteiger partial charge in [-0.1, -0.05) is 5.16 Å². The molecular weight excluding hydrogens is 394 g/mol. The summed E-state index contributed by atoms with van der Waals surface area (Å²) in [5.41, 5.74) is 2.10. The first kappa shape index (κ1) is 21.5. The smallest absolute Gasteiger partial charge is 0.194 e. The summed E-state index contributed by atoms with van der Waals surface area (Å²) in [4.78, 5) is 9.21. The summed E-state index contributed by atoms with van der Waals surface area (Å²) in [5, 5.41) is 7.54. The highest BCUT2D eigenvalue weighted by atomic mass is 16.5. The van der Waals surface area contributed by atoms with E-state index < -0.39 is 0 Å². The number of piperazine rings is 1. The highest BCUT2D eigenvalue weighted by Gasteiger charge is 2.22. The molecule has 0 amide bonds. The average Bonchev–Trinajstić information content (AvgIpc) is 3.50. The quantitative estimate of drug-likeness (QED) is 0.538. The maximum Gasteiger partial charge on any atom is 0.194 e. The van der Waals surface area contributed by atoms with Crippen LogP contribution in [0.1, 0.15) is 36.9 Å².